The number of ether oxygens (including phenoxy) is 5. The van der Waals surface area contributed by atoms with Gasteiger partial charge < -0.3 is 38.6 Å². The van der Waals surface area contributed by atoms with Gasteiger partial charge in [0.2, 0.25) is 11.8 Å². The van der Waals surface area contributed by atoms with Crippen LogP contribution in [-0.2, 0) is 33.3 Å². The van der Waals surface area contributed by atoms with E-state index in [-0.39, 0.29) is 30.2 Å². The van der Waals surface area contributed by atoms with Gasteiger partial charge in [-0.1, -0.05) is 36.8 Å². The number of carbonyl (C=O) groups is 4. The molecule has 0 spiro atoms. The predicted molar refractivity (Wildman–Crippen MR) is 186 cm³/mol. The summed E-state index contributed by atoms with van der Waals surface area (Å²) in [5.41, 5.74) is -1.23. The lowest BCUT2D eigenvalue weighted by Gasteiger charge is -2.42. The van der Waals surface area contributed by atoms with Gasteiger partial charge >= 0.3 is 12.1 Å². The summed E-state index contributed by atoms with van der Waals surface area (Å²) in [5, 5.41) is 14.4. The maximum Gasteiger partial charge on any atom is 0.409 e. The topological polar surface area (TPSA) is 156 Å². The summed E-state index contributed by atoms with van der Waals surface area (Å²) in [6.07, 6.45) is 0.442. The van der Waals surface area contributed by atoms with E-state index in [1.807, 2.05) is 6.92 Å². The number of nitrogens with one attached hydrogen (secondary N) is 1. The molecule has 0 saturated carbocycles. The Labute approximate surface area is 297 Å². The number of hydrogen-bond acceptors (Lipinski definition) is 11. The molecular weight excluding hydrogens is 678 g/mol. The molecule has 0 aliphatic carbocycles. The number of amides is 3. The highest BCUT2D eigenvalue weighted by molar-refractivity contribution is 7.80. The first-order valence-electron chi connectivity index (χ1n) is 16.0. The maximum atomic E-state index is 14.0. The zero-order valence-electron chi connectivity index (χ0n) is 29.0. The van der Waals surface area contributed by atoms with Gasteiger partial charge in [-0.2, -0.15) is 12.6 Å². The molecule has 2 saturated heterocycles. The molecule has 1 aromatic rings. The first-order chi connectivity index (χ1) is 23.0. The van der Waals surface area contributed by atoms with Gasteiger partial charge in [0.25, 0.3) is 0 Å². The number of hydrogen-bond donors (Lipinski definition) is 3. The minimum atomic E-state index is -1.83. The SMILES string of the molecule is COc1cc2cc(c1Cl)N(C)C(=O)CC(OC(=O)C(C)N(C)C(=O)CCS)C1(C)OC1C(C)C1CC(O)(NC(=O)O1)C(OC)/C=C/C=C/2C. The summed E-state index contributed by atoms with van der Waals surface area (Å²) < 4.78 is 29.0. The number of halogens is 1. The summed E-state index contributed by atoms with van der Waals surface area (Å²) in [6, 6.07) is 2.49. The van der Waals surface area contributed by atoms with Gasteiger partial charge in [0, 0.05) is 40.0 Å². The Bertz CT molecular complexity index is 1520. The number of rotatable bonds is 7. The lowest BCUT2D eigenvalue weighted by Crippen LogP contribution is -2.63. The Morgan fingerprint density at radius 1 is 1.29 bits per heavy atom. The van der Waals surface area contributed by atoms with Crippen LogP contribution in [0.1, 0.15) is 52.5 Å². The van der Waals surface area contributed by atoms with E-state index >= 15 is 0 Å². The fourth-order valence-electron chi connectivity index (χ4n) is 6.26. The van der Waals surface area contributed by atoms with Crippen LogP contribution in [0, 0.1) is 5.92 Å². The second-order valence-corrected chi connectivity index (χ2v) is 13.7. The molecule has 8 unspecified atom stereocenters. The average molecular weight is 724 g/mol. The highest BCUT2D eigenvalue weighted by Crippen LogP contribution is 2.49. The molecule has 3 aliphatic heterocycles. The normalized spacial score (nSPS) is 32.5. The number of allylic oxidation sites excluding steroid dienone is 3. The van der Waals surface area contributed by atoms with Crippen LogP contribution in [0.15, 0.2) is 30.4 Å². The molecule has 2 N–H and O–H groups in total. The van der Waals surface area contributed by atoms with Crippen LogP contribution in [0.25, 0.3) is 5.57 Å². The van der Waals surface area contributed by atoms with Crippen molar-refractivity contribution in [2.45, 2.75) is 88.7 Å². The van der Waals surface area contributed by atoms with E-state index in [2.05, 4.69) is 17.9 Å². The predicted octanol–water partition coefficient (Wildman–Crippen LogP) is 3.75. The molecule has 3 heterocycles. The Balaban J connectivity index is 1.80. The highest BCUT2D eigenvalue weighted by Gasteiger charge is 2.64. The summed E-state index contributed by atoms with van der Waals surface area (Å²) in [5.74, 6) is -1.36. The van der Waals surface area contributed by atoms with Gasteiger partial charge in [-0.05, 0) is 49.8 Å². The third-order valence-electron chi connectivity index (χ3n) is 9.73. The smallest absolute Gasteiger partial charge is 0.409 e. The molecule has 4 rings (SSSR count). The number of esters is 1. The van der Waals surface area contributed by atoms with Crippen LogP contribution in [0.4, 0.5) is 10.5 Å². The van der Waals surface area contributed by atoms with E-state index in [0.717, 1.165) is 5.57 Å². The Morgan fingerprint density at radius 2 is 1.98 bits per heavy atom. The summed E-state index contributed by atoms with van der Waals surface area (Å²) in [7, 11) is 5.94. The first-order valence-corrected chi connectivity index (χ1v) is 17.0. The molecule has 13 nitrogen and oxygen atoms in total. The third kappa shape index (κ3) is 8.04. The standard InChI is InChI=1S/C34H46ClN3O10S/c1-18-10-9-11-25(45-8)34(43)17-24(46-32(42)36-34)19(2)30-33(4,48-30)26(47-31(41)20(3)37(5)27(39)12-13-49)16-28(40)38(6)22-14-21(18)15-23(44-7)29(22)35/h9-11,14-15,19-20,24-26,30,43,49H,12-13,16-17H2,1-8H3,(H,36,42)/b11-9+,18-10+. The van der Waals surface area contributed by atoms with E-state index < -0.39 is 65.7 Å². The van der Waals surface area contributed by atoms with Crippen LogP contribution in [0.5, 0.6) is 5.75 Å². The molecule has 4 bridgehead atoms. The molecule has 2 fully saturated rings. The number of carbonyl (C=O) groups excluding carboxylic acids is 4. The lowest BCUT2D eigenvalue weighted by atomic mass is 9.83. The van der Waals surface area contributed by atoms with Gasteiger partial charge in [0.05, 0.1) is 25.3 Å². The molecule has 49 heavy (non-hydrogen) atoms. The fraction of sp³-hybridized carbons (Fsp3) is 0.588. The number of anilines is 1. The minimum Gasteiger partial charge on any atom is -0.495 e. The van der Waals surface area contributed by atoms with Crippen molar-refractivity contribution in [3.05, 3.63) is 40.9 Å². The van der Waals surface area contributed by atoms with Crippen LogP contribution in [0.3, 0.4) is 0 Å². The van der Waals surface area contributed by atoms with Gasteiger partial charge in [0.15, 0.2) is 5.72 Å². The van der Waals surface area contributed by atoms with E-state index in [1.54, 1.807) is 51.3 Å². The van der Waals surface area contributed by atoms with Crippen LogP contribution in [0.2, 0.25) is 5.02 Å². The molecule has 1 aromatic carbocycles. The second-order valence-electron chi connectivity index (χ2n) is 12.9. The van der Waals surface area contributed by atoms with Crippen molar-refractivity contribution in [2.24, 2.45) is 5.92 Å². The van der Waals surface area contributed by atoms with Crippen molar-refractivity contribution in [3.8, 4) is 5.75 Å². The number of aliphatic hydroxyl groups is 1. The summed E-state index contributed by atoms with van der Waals surface area (Å²) in [6.45, 7) is 6.88. The number of nitrogens with zero attached hydrogens (tertiary/aromatic N) is 2. The van der Waals surface area contributed by atoms with Gasteiger partial charge in [-0.25, -0.2) is 9.59 Å². The van der Waals surface area contributed by atoms with Crippen LogP contribution in [-0.4, -0.2) is 110 Å². The molecule has 3 amide bonds. The van der Waals surface area contributed by atoms with Gasteiger partial charge in [0.1, 0.15) is 40.7 Å². The molecule has 270 valence electrons. The van der Waals surface area contributed by atoms with Crippen LogP contribution < -0.4 is 15.0 Å². The van der Waals surface area contributed by atoms with Gasteiger partial charge in [-0.3, -0.25) is 14.9 Å². The van der Waals surface area contributed by atoms with Crippen molar-refractivity contribution >= 4 is 59.4 Å². The Hall–Kier alpha value is -3.30. The average Bonchev–Trinajstić information content (AvgIpc) is 3.76. The Morgan fingerprint density at radius 3 is 2.61 bits per heavy atom. The number of methoxy groups -OCH3 is 2. The van der Waals surface area contributed by atoms with Crippen molar-refractivity contribution in [1.29, 1.82) is 0 Å². The molecule has 15 heteroatoms. The number of thiol groups is 1. The molecule has 8 atom stereocenters. The van der Waals surface area contributed by atoms with E-state index in [0.29, 0.717) is 22.8 Å². The van der Waals surface area contributed by atoms with E-state index in [4.69, 9.17) is 35.3 Å². The van der Waals surface area contributed by atoms with Crippen molar-refractivity contribution in [1.82, 2.24) is 10.2 Å². The second kappa shape index (κ2) is 15.3. The molecule has 0 aromatic heterocycles. The van der Waals surface area contributed by atoms with E-state index in [9.17, 15) is 24.3 Å². The van der Waals surface area contributed by atoms with E-state index in [1.165, 1.54) is 38.0 Å². The Kier molecular flexibility index (Phi) is 12.0. The van der Waals surface area contributed by atoms with Crippen LogP contribution >= 0.6 is 24.2 Å². The number of fused-ring (bicyclic) bond motifs is 5. The summed E-state index contributed by atoms with van der Waals surface area (Å²) >= 11 is 10.8. The third-order valence-corrected chi connectivity index (χ3v) is 10.3. The monoisotopic (exact) mass is 723 g/mol. The minimum absolute atomic E-state index is 0.0552. The quantitative estimate of drug-likeness (QED) is 0.215. The fourth-order valence-corrected chi connectivity index (χ4v) is 6.76. The molecule has 0 radical (unpaired) electrons. The van der Waals surface area contributed by atoms with Crippen molar-refractivity contribution in [3.63, 3.8) is 0 Å². The number of benzene rings is 1. The van der Waals surface area contributed by atoms with Gasteiger partial charge in [-0.15, -0.1) is 0 Å². The van der Waals surface area contributed by atoms with Crippen molar-refractivity contribution in [2.75, 3.05) is 39.0 Å². The summed E-state index contributed by atoms with van der Waals surface area (Å²) in [4.78, 5) is 55.5. The zero-order valence-corrected chi connectivity index (χ0v) is 30.7. The number of likely N-dealkylation sites (N-methyl/N-ethyl adjacent to an activating group) is 1. The first kappa shape index (κ1) is 38.5. The largest absolute Gasteiger partial charge is 0.495 e. The lowest BCUT2D eigenvalue weighted by molar-refractivity contribution is -0.161. The molecular formula is C34H46ClN3O10S. The van der Waals surface area contributed by atoms with Crippen molar-refractivity contribution < 1.29 is 48.0 Å². The molecule has 3 aliphatic rings. The number of alkyl carbamates (subject to hydrolysis) is 1. The maximum absolute atomic E-state index is 14.0. The zero-order chi connectivity index (χ0) is 36.4. The highest BCUT2D eigenvalue weighted by atomic mass is 35.5. The number of epoxide rings is 1.